The first-order valence-corrected chi connectivity index (χ1v) is 3.14. The summed E-state index contributed by atoms with van der Waals surface area (Å²) in [7, 11) is 0. The molecule has 0 radical (unpaired) electrons. The van der Waals surface area contributed by atoms with Crippen LogP contribution >= 0.6 is 0 Å². The van der Waals surface area contributed by atoms with Gasteiger partial charge in [-0.15, -0.1) is 0 Å². The number of rotatable bonds is 4. The number of carbonyl (C=O) groups is 1. The van der Waals surface area contributed by atoms with Gasteiger partial charge in [0.15, 0.2) is 0 Å². The maximum atomic E-state index is 9.98. The van der Waals surface area contributed by atoms with Crippen molar-refractivity contribution in [2.45, 2.75) is 32.7 Å². The minimum absolute atomic E-state index is 0.217. The molecule has 4 nitrogen and oxygen atoms in total. The maximum Gasteiger partial charge on any atom is 0.360 e. The molecule has 60 valence electrons. The number of carboxylic acid groups (broad SMARTS) is 1. The second-order valence-electron chi connectivity index (χ2n) is 2.05. The van der Waals surface area contributed by atoms with Gasteiger partial charge in [-0.2, -0.15) is 0 Å². The van der Waals surface area contributed by atoms with Crippen LogP contribution in [0.15, 0.2) is 0 Å². The van der Waals surface area contributed by atoms with Crippen molar-refractivity contribution in [2.24, 2.45) is 0 Å². The molecule has 0 bridgehead atoms. The van der Waals surface area contributed by atoms with Crippen LogP contribution in [0, 0.1) is 0 Å². The number of aliphatic hydroxyl groups is 1. The van der Waals surface area contributed by atoms with Crippen molar-refractivity contribution in [3.63, 3.8) is 0 Å². The predicted molar refractivity (Wildman–Crippen MR) is 34.5 cm³/mol. The Kier molecular flexibility index (Phi) is 3.99. The van der Waals surface area contributed by atoms with Crippen LogP contribution in [0.25, 0.3) is 0 Å². The minimum Gasteiger partial charge on any atom is -0.477 e. The maximum absolute atomic E-state index is 9.98. The van der Waals surface area contributed by atoms with Crippen LogP contribution in [-0.4, -0.2) is 28.6 Å². The molecule has 0 spiro atoms. The molecule has 0 aliphatic heterocycles. The minimum atomic E-state index is -1.69. The van der Waals surface area contributed by atoms with E-state index >= 15 is 0 Å². The Hall–Kier alpha value is -0.610. The van der Waals surface area contributed by atoms with Crippen LogP contribution in [0.5, 0.6) is 0 Å². The van der Waals surface area contributed by atoms with E-state index in [0.717, 1.165) is 0 Å². The lowest BCUT2D eigenvalue weighted by molar-refractivity contribution is -0.185. The number of hydrogen-bond donors (Lipinski definition) is 2. The molecular formula is C6H12O4. The number of aliphatic carboxylic acids is 1. The molecule has 2 unspecified atom stereocenters. The summed E-state index contributed by atoms with van der Waals surface area (Å²) in [5, 5.41) is 16.8. The Morgan fingerprint density at radius 1 is 1.70 bits per heavy atom. The molecule has 0 rings (SSSR count). The molecular weight excluding hydrogens is 136 g/mol. The zero-order valence-electron chi connectivity index (χ0n) is 6.07. The molecule has 0 saturated carbocycles. The summed E-state index contributed by atoms with van der Waals surface area (Å²) in [4.78, 5) is 9.98. The second kappa shape index (κ2) is 4.24. The first-order chi connectivity index (χ1) is 4.57. The molecule has 0 aliphatic carbocycles. The number of ether oxygens (including phenoxy) is 1. The van der Waals surface area contributed by atoms with Gasteiger partial charge in [-0.25, -0.2) is 4.79 Å². The monoisotopic (exact) mass is 148 g/mol. The molecule has 0 heterocycles. The lowest BCUT2D eigenvalue weighted by Crippen LogP contribution is -2.27. The molecule has 0 aromatic carbocycles. The van der Waals surface area contributed by atoms with E-state index in [9.17, 15) is 4.79 Å². The highest BCUT2D eigenvalue weighted by molar-refractivity contribution is 5.70. The quantitative estimate of drug-likeness (QED) is 0.559. The zero-order chi connectivity index (χ0) is 8.15. The molecule has 0 aromatic rings. The highest BCUT2D eigenvalue weighted by Crippen LogP contribution is 1.99. The third-order valence-corrected chi connectivity index (χ3v) is 1.15. The van der Waals surface area contributed by atoms with Gasteiger partial charge in [-0.05, 0) is 13.3 Å². The summed E-state index contributed by atoms with van der Waals surface area (Å²) in [5.74, 6) is -1.35. The van der Waals surface area contributed by atoms with Gasteiger partial charge in [0.1, 0.15) is 0 Å². The Balaban J connectivity index is 3.56. The van der Waals surface area contributed by atoms with Gasteiger partial charge in [0, 0.05) is 0 Å². The van der Waals surface area contributed by atoms with Crippen molar-refractivity contribution >= 4 is 5.97 Å². The van der Waals surface area contributed by atoms with Crippen molar-refractivity contribution < 1.29 is 19.7 Å². The Bertz CT molecular complexity index is 112. The first kappa shape index (κ1) is 9.39. The van der Waals surface area contributed by atoms with Gasteiger partial charge in [0.25, 0.3) is 6.29 Å². The van der Waals surface area contributed by atoms with Gasteiger partial charge >= 0.3 is 5.97 Å². The van der Waals surface area contributed by atoms with E-state index in [0.29, 0.717) is 6.42 Å². The first-order valence-electron chi connectivity index (χ1n) is 3.14. The Morgan fingerprint density at radius 3 is 2.50 bits per heavy atom. The number of aliphatic hydroxyl groups excluding tert-OH is 1. The van der Waals surface area contributed by atoms with E-state index in [2.05, 4.69) is 4.74 Å². The lowest BCUT2D eigenvalue weighted by Gasteiger charge is -2.12. The second-order valence-corrected chi connectivity index (χ2v) is 2.05. The van der Waals surface area contributed by atoms with Crippen molar-refractivity contribution in [3.8, 4) is 0 Å². The van der Waals surface area contributed by atoms with Crippen molar-refractivity contribution in [2.75, 3.05) is 0 Å². The fourth-order valence-corrected chi connectivity index (χ4v) is 0.374. The van der Waals surface area contributed by atoms with E-state index in [4.69, 9.17) is 10.2 Å². The predicted octanol–water partition coefficient (Wildman–Crippen LogP) is 0.204. The van der Waals surface area contributed by atoms with Gasteiger partial charge < -0.3 is 14.9 Å². The summed E-state index contributed by atoms with van der Waals surface area (Å²) >= 11 is 0. The standard InChI is InChI=1S/C6H12O4/c1-3-4(2)10-6(9)5(7)8/h4,6,9H,3H2,1-2H3,(H,7,8). The summed E-state index contributed by atoms with van der Waals surface area (Å²) < 4.78 is 4.62. The summed E-state index contributed by atoms with van der Waals surface area (Å²) in [6, 6.07) is 0. The van der Waals surface area contributed by atoms with Crippen molar-refractivity contribution in [1.29, 1.82) is 0 Å². The largest absolute Gasteiger partial charge is 0.477 e. The average molecular weight is 148 g/mol. The fourth-order valence-electron chi connectivity index (χ4n) is 0.374. The van der Waals surface area contributed by atoms with Crippen LogP contribution in [0.3, 0.4) is 0 Å². The molecule has 2 atom stereocenters. The summed E-state index contributed by atoms with van der Waals surface area (Å²) in [6.07, 6.45) is -1.22. The molecule has 0 aromatic heterocycles. The van der Waals surface area contributed by atoms with E-state index in [1.165, 1.54) is 0 Å². The Morgan fingerprint density at radius 2 is 2.20 bits per heavy atom. The van der Waals surface area contributed by atoms with E-state index < -0.39 is 12.3 Å². The van der Waals surface area contributed by atoms with Crippen LogP contribution in [0.2, 0.25) is 0 Å². The van der Waals surface area contributed by atoms with Crippen LogP contribution in [-0.2, 0) is 9.53 Å². The number of hydrogen-bond acceptors (Lipinski definition) is 3. The molecule has 0 saturated heterocycles. The van der Waals surface area contributed by atoms with Crippen LogP contribution < -0.4 is 0 Å². The van der Waals surface area contributed by atoms with Gasteiger partial charge in [-0.3, -0.25) is 0 Å². The molecule has 0 aliphatic rings. The topological polar surface area (TPSA) is 66.8 Å². The highest BCUT2D eigenvalue weighted by atomic mass is 16.6. The summed E-state index contributed by atoms with van der Waals surface area (Å²) in [5.41, 5.74) is 0. The lowest BCUT2D eigenvalue weighted by atomic mass is 10.3. The third-order valence-electron chi connectivity index (χ3n) is 1.15. The normalized spacial score (nSPS) is 16.3. The van der Waals surface area contributed by atoms with Gasteiger partial charge in [-0.1, -0.05) is 6.92 Å². The average Bonchev–Trinajstić information content (AvgIpc) is 1.87. The zero-order valence-corrected chi connectivity index (χ0v) is 6.07. The molecule has 0 amide bonds. The van der Waals surface area contributed by atoms with Crippen LogP contribution in [0.4, 0.5) is 0 Å². The smallest absolute Gasteiger partial charge is 0.360 e. The van der Waals surface area contributed by atoms with E-state index in [-0.39, 0.29) is 6.10 Å². The highest BCUT2D eigenvalue weighted by Gasteiger charge is 2.15. The van der Waals surface area contributed by atoms with E-state index in [1.807, 2.05) is 6.92 Å². The molecule has 4 heteroatoms. The fraction of sp³-hybridized carbons (Fsp3) is 0.833. The van der Waals surface area contributed by atoms with E-state index in [1.54, 1.807) is 6.92 Å². The van der Waals surface area contributed by atoms with Crippen LogP contribution in [0.1, 0.15) is 20.3 Å². The molecule has 2 N–H and O–H groups in total. The van der Waals surface area contributed by atoms with Crippen molar-refractivity contribution in [1.82, 2.24) is 0 Å². The van der Waals surface area contributed by atoms with Gasteiger partial charge in [0.05, 0.1) is 6.10 Å². The third kappa shape index (κ3) is 3.42. The van der Waals surface area contributed by atoms with Gasteiger partial charge in [0.2, 0.25) is 0 Å². The molecule has 0 fully saturated rings. The molecule has 10 heavy (non-hydrogen) atoms. The van der Waals surface area contributed by atoms with Crippen molar-refractivity contribution in [3.05, 3.63) is 0 Å². The Labute approximate surface area is 59.4 Å². The number of carboxylic acids is 1. The SMILES string of the molecule is CCC(C)OC(O)C(=O)O. The summed E-state index contributed by atoms with van der Waals surface area (Å²) in [6.45, 7) is 3.55.